The molecule has 0 bridgehead atoms. The number of benzene rings is 2. The molecule has 0 heterocycles. The van der Waals surface area contributed by atoms with Gasteiger partial charge in [-0.25, -0.2) is 0 Å². The van der Waals surface area contributed by atoms with E-state index in [0.29, 0.717) is 12.2 Å². The van der Waals surface area contributed by atoms with Crippen molar-refractivity contribution in [1.82, 2.24) is 0 Å². The lowest BCUT2D eigenvalue weighted by Gasteiger charge is -2.07. The van der Waals surface area contributed by atoms with Gasteiger partial charge in [0.25, 0.3) is 0 Å². The van der Waals surface area contributed by atoms with Crippen molar-refractivity contribution in [3.8, 4) is 5.75 Å². The summed E-state index contributed by atoms with van der Waals surface area (Å²) in [6.07, 6.45) is 3.69. The Morgan fingerprint density at radius 1 is 1.06 bits per heavy atom. The smallest absolute Gasteiger partial charge is 0.123 e. The quantitative estimate of drug-likeness (QED) is 0.699. The minimum absolute atomic E-state index is 0.263. The van der Waals surface area contributed by atoms with E-state index in [0.717, 1.165) is 27.6 Å². The molecule has 1 aliphatic rings. The molecule has 0 atom stereocenters. The van der Waals surface area contributed by atoms with Gasteiger partial charge in [0.15, 0.2) is 0 Å². The number of hydrogen-bond donors (Lipinski definition) is 2. The number of aromatic hydroxyl groups is 1. The molecule has 2 aromatic rings. The summed E-state index contributed by atoms with van der Waals surface area (Å²) in [5.74, 6) is 0.682. The van der Waals surface area contributed by atoms with E-state index >= 15 is 0 Å². The molecule has 2 heteroatoms. The fourth-order valence-electron chi connectivity index (χ4n) is 2.24. The van der Waals surface area contributed by atoms with Crippen LogP contribution >= 0.6 is 0 Å². The number of phenols is 1. The summed E-state index contributed by atoms with van der Waals surface area (Å²) >= 11 is 0. The van der Waals surface area contributed by atoms with Crippen LogP contribution in [0, 0.1) is 0 Å². The van der Waals surface area contributed by atoms with Gasteiger partial charge < -0.3 is 10.2 Å². The standard InChI is InChI=1S/C14H12O2/c15-13-5-1-3-9-7-10-4-2-6-14(16)12(10)8-11(9)13/h1,3-5,7-8,15-16H,2,6H2. The van der Waals surface area contributed by atoms with E-state index in [1.54, 1.807) is 6.07 Å². The lowest BCUT2D eigenvalue weighted by molar-refractivity contribution is 0.477. The first-order chi connectivity index (χ1) is 7.75. The van der Waals surface area contributed by atoms with Crippen molar-refractivity contribution >= 4 is 22.6 Å². The maximum atomic E-state index is 9.83. The minimum atomic E-state index is 0.263. The predicted molar refractivity (Wildman–Crippen MR) is 64.6 cm³/mol. The van der Waals surface area contributed by atoms with E-state index in [1.807, 2.05) is 24.3 Å². The van der Waals surface area contributed by atoms with E-state index in [4.69, 9.17) is 0 Å². The van der Waals surface area contributed by atoms with Crippen LogP contribution < -0.4 is 10.4 Å². The molecule has 2 aromatic carbocycles. The molecule has 0 spiro atoms. The largest absolute Gasteiger partial charge is 0.512 e. The third-order valence-electron chi connectivity index (χ3n) is 3.08. The van der Waals surface area contributed by atoms with Crippen LogP contribution in [-0.4, -0.2) is 10.2 Å². The molecular weight excluding hydrogens is 200 g/mol. The summed E-state index contributed by atoms with van der Waals surface area (Å²) in [4.78, 5) is 0. The van der Waals surface area contributed by atoms with Crippen molar-refractivity contribution in [3.63, 3.8) is 0 Å². The molecule has 2 nitrogen and oxygen atoms in total. The molecule has 0 unspecified atom stereocenters. The number of aliphatic hydroxyl groups excluding tert-OH is 1. The van der Waals surface area contributed by atoms with Crippen LogP contribution in [0.5, 0.6) is 5.75 Å². The van der Waals surface area contributed by atoms with Gasteiger partial charge in [0, 0.05) is 17.0 Å². The SMILES string of the molecule is OC1=c2cc3c(O)cccc3cc2=CCC1. The average molecular weight is 212 g/mol. The number of hydrogen-bond acceptors (Lipinski definition) is 2. The van der Waals surface area contributed by atoms with Crippen LogP contribution in [-0.2, 0) is 0 Å². The van der Waals surface area contributed by atoms with Crippen LogP contribution in [0.25, 0.3) is 22.6 Å². The van der Waals surface area contributed by atoms with Crippen LogP contribution in [0.3, 0.4) is 0 Å². The topological polar surface area (TPSA) is 40.5 Å². The highest BCUT2D eigenvalue weighted by molar-refractivity contribution is 5.88. The monoisotopic (exact) mass is 212 g/mol. The zero-order valence-corrected chi connectivity index (χ0v) is 8.77. The van der Waals surface area contributed by atoms with Gasteiger partial charge in [-0.2, -0.15) is 0 Å². The van der Waals surface area contributed by atoms with Crippen molar-refractivity contribution in [2.45, 2.75) is 12.8 Å². The molecule has 0 amide bonds. The Balaban J connectivity index is 2.55. The molecule has 0 fully saturated rings. The van der Waals surface area contributed by atoms with Crippen LogP contribution in [0.2, 0.25) is 0 Å². The highest BCUT2D eigenvalue weighted by Gasteiger charge is 2.05. The molecule has 2 N–H and O–H groups in total. The van der Waals surface area contributed by atoms with E-state index in [2.05, 4.69) is 6.08 Å². The summed E-state index contributed by atoms with van der Waals surface area (Å²) in [6, 6.07) is 9.34. The summed E-state index contributed by atoms with van der Waals surface area (Å²) in [5.41, 5.74) is 0. The Hall–Kier alpha value is -1.96. The highest BCUT2D eigenvalue weighted by atomic mass is 16.3. The Kier molecular flexibility index (Phi) is 1.90. The van der Waals surface area contributed by atoms with Gasteiger partial charge >= 0.3 is 0 Å². The number of aliphatic hydroxyl groups is 1. The number of fused-ring (bicyclic) bond motifs is 2. The Bertz CT molecular complexity index is 684. The Labute approximate surface area is 92.8 Å². The van der Waals surface area contributed by atoms with Gasteiger partial charge in [-0.15, -0.1) is 0 Å². The zero-order chi connectivity index (χ0) is 11.1. The first kappa shape index (κ1) is 9.28. The lowest BCUT2D eigenvalue weighted by atomic mass is 10.0. The van der Waals surface area contributed by atoms with E-state index < -0.39 is 0 Å². The highest BCUT2D eigenvalue weighted by Crippen LogP contribution is 2.21. The second-order valence-corrected chi connectivity index (χ2v) is 4.13. The predicted octanol–water partition coefficient (Wildman–Crippen LogP) is 1.79. The molecule has 16 heavy (non-hydrogen) atoms. The molecule has 80 valence electrons. The normalized spacial score (nSPS) is 14.6. The van der Waals surface area contributed by atoms with Crippen molar-refractivity contribution in [2.75, 3.05) is 0 Å². The molecule has 3 rings (SSSR count). The fourth-order valence-corrected chi connectivity index (χ4v) is 2.24. The van der Waals surface area contributed by atoms with Crippen LogP contribution in [0.1, 0.15) is 12.8 Å². The van der Waals surface area contributed by atoms with Gasteiger partial charge in [-0.05, 0) is 35.2 Å². The van der Waals surface area contributed by atoms with Crippen LogP contribution in [0.15, 0.2) is 30.3 Å². The molecule has 0 aliphatic heterocycles. The molecule has 0 radical (unpaired) electrons. The third-order valence-corrected chi connectivity index (χ3v) is 3.08. The maximum absolute atomic E-state index is 9.83. The molecule has 0 saturated carbocycles. The zero-order valence-electron chi connectivity index (χ0n) is 8.77. The van der Waals surface area contributed by atoms with Crippen molar-refractivity contribution in [1.29, 1.82) is 0 Å². The van der Waals surface area contributed by atoms with Gasteiger partial charge in [-0.1, -0.05) is 18.2 Å². The van der Waals surface area contributed by atoms with E-state index in [9.17, 15) is 10.2 Å². The summed E-state index contributed by atoms with van der Waals surface area (Å²) in [5, 5.41) is 23.3. The number of phenolic OH excluding ortho intramolecular Hbond substituents is 1. The van der Waals surface area contributed by atoms with Gasteiger partial charge in [0.05, 0.1) is 0 Å². The average Bonchev–Trinajstić information content (AvgIpc) is 2.28. The first-order valence-corrected chi connectivity index (χ1v) is 5.40. The van der Waals surface area contributed by atoms with Gasteiger partial charge in [0.2, 0.25) is 0 Å². The third kappa shape index (κ3) is 1.27. The lowest BCUT2D eigenvalue weighted by Crippen LogP contribution is -2.29. The van der Waals surface area contributed by atoms with E-state index in [1.165, 1.54) is 0 Å². The van der Waals surface area contributed by atoms with Crippen LogP contribution in [0.4, 0.5) is 0 Å². The molecule has 0 saturated heterocycles. The van der Waals surface area contributed by atoms with Crippen molar-refractivity contribution in [2.24, 2.45) is 0 Å². The van der Waals surface area contributed by atoms with Gasteiger partial charge in [-0.3, -0.25) is 0 Å². The summed E-state index contributed by atoms with van der Waals surface area (Å²) in [7, 11) is 0. The molecule has 1 aliphatic carbocycles. The second kappa shape index (κ2) is 3.27. The molecule has 0 aromatic heterocycles. The van der Waals surface area contributed by atoms with Gasteiger partial charge in [0.1, 0.15) is 11.5 Å². The molecular formula is C14H12O2. The first-order valence-electron chi connectivity index (χ1n) is 5.40. The Morgan fingerprint density at radius 3 is 2.81 bits per heavy atom. The number of rotatable bonds is 0. The maximum Gasteiger partial charge on any atom is 0.123 e. The summed E-state index contributed by atoms with van der Waals surface area (Å²) in [6.45, 7) is 0. The Morgan fingerprint density at radius 2 is 1.94 bits per heavy atom. The second-order valence-electron chi connectivity index (χ2n) is 4.13. The van der Waals surface area contributed by atoms with E-state index in [-0.39, 0.29) is 5.75 Å². The van der Waals surface area contributed by atoms with Crippen molar-refractivity contribution in [3.05, 3.63) is 40.8 Å². The fraction of sp³-hybridized carbons (Fsp3) is 0.143. The van der Waals surface area contributed by atoms with Crippen molar-refractivity contribution < 1.29 is 10.2 Å². The minimum Gasteiger partial charge on any atom is -0.512 e. The summed E-state index contributed by atoms with van der Waals surface area (Å²) < 4.78 is 0.